The second kappa shape index (κ2) is 9.50. The molecule has 2 heterocycles. The molecule has 2 aliphatic heterocycles. The maximum atomic E-state index is 12.4. The van der Waals surface area contributed by atoms with Gasteiger partial charge in [0, 0.05) is 58.3 Å². The van der Waals surface area contributed by atoms with Crippen LogP contribution in [-0.2, 0) is 9.59 Å². The molecule has 0 aliphatic carbocycles. The van der Waals surface area contributed by atoms with Gasteiger partial charge in [-0.05, 0) is 18.9 Å². The van der Waals surface area contributed by atoms with Crippen LogP contribution in [0.1, 0.15) is 19.3 Å². The standard InChI is InChI=1S/C19H27N5O4/c25-18(7-8-20-16-5-1-2-6-17(16)24(27)28)23-13-11-21(12-14-23)15-19(26)22-9-3-4-10-22/h1-2,5-6,20H,3-4,7-15H2. The number of nitrogens with zero attached hydrogens (tertiary/aromatic N) is 4. The van der Waals surface area contributed by atoms with Crippen LogP contribution in [0, 0.1) is 10.1 Å². The van der Waals surface area contributed by atoms with Crippen molar-refractivity contribution in [3.8, 4) is 0 Å². The lowest BCUT2D eigenvalue weighted by atomic mass is 10.2. The summed E-state index contributed by atoms with van der Waals surface area (Å²) in [5, 5.41) is 14.0. The minimum atomic E-state index is -0.438. The smallest absolute Gasteiger partial charge is 0.292 e. The molecule has 0 aromatic heterocycles. The number of amides is 2. The molecule has 0 unspecified atom stereocenters. The number of rotatable bonds is 7. The summed E-state index contributed by atoms with van der Waals surface area (Å²) in [6.45, 7) is 5.12. The first-order valence-electron chi connectivity index (χ1n) is 9.80. The number of carbonyl (C=O) groups excluding carboxylic acids is 2. The van der Waals surface area contributed by atoms with Crippen LogP contribution in [0.3, 0.4) is 0 Å². The highest BCUT2D eigenvalue weighted by molar-refractivity contribution is 5.79. The molecule has 152 valence electrons. The molecule has 1 aromatic rings. The van der Waals surface area contributed by atoms with E-state index >= 15 is 0 Å². The van der Waals surface area contributed by atoms with Crippen molar-refractivity contribution in [3.05, 3.63) is 34.4 Å². The number of likely N-dealkylation sites (tertiary alicyclic amines) is 1. The minimum Gasteiger partial charge on any atom is -0.379 e. The van der Waals surface area contributed by atoms with Gasteiger partial charge in [-0.3, -0.25) is 24.6 Å². The third kappa shape index (κ3) is 5.19. The fourth-order valence-electron chi connectivity index (χ4n) is 3.66. The van der Waals surface area contributed by atoms with Gasteiger partial charge in [-0.25, -0.2) is 0 Å². The predicted octanol–water partition coefficient (Wildman–Crippen LogP) is 1.16. The molecule has 0 spiro atoms. The van der Waals surface area contributed by atoms with Crippen molar-refractivity contribution in [3.63, 3.8) is 0 Å². The van der Waals surface area contributed by atoms with Gasteiger partial charge in [0.2, 0.25) is 11.8 Å². The van der Waals surface area contributed by atoms with Gasteiger partial charge in [-0.15, -0.1) is 0 Å². The molecule has 0 atom stereocenters. The van der Waals surface area contributed by atoms with Crippen molar-refractivity contribution in [1.29, 1.82) is 0 Å². The maximum Gasteiger partial charge on any atom is 0.292 e. The fourth-order valence-corrected chi connectivity index (χ4v) is 3.66. The van der Waals surface area contributed by atoms with E-state index in [9.17, 15) is 19.7 Å². The largest absolute Gasteiger partial charge is 0.379 e. The molecule has 1 N–H and O–H groups in total. The molecule has 0 saturated carbocycles. The quantitative estimate of drug-likeness (QED) is 0.555. The van der Waals surface area contributed by atoms with Gasteiger partial charge in [0.1, 0.15) is 5.69 Å². The zero-order valence-corrected chi connectivity index (χ0v) is 16.0. The molecule has 2 saturated heterocycles. The zero-order valence-electron chi connectivity index (χ0n) is 16.0. The molecule has 9 heteroatoms. The summed E-state index contributed by atoms with van der Waals surface area (Å²) in [5.74, 6) is 0.211. The average molecular weight is 389 g/mol. The summed E-state index contributed by atoms with van der Waals surface area (Å²) in [5.41, 5.74) is 0.428. The molecule has 28 heavy (non-hydrogen) atoms. The van der Waals surface area contributed by atoms with E-state index < -0.39 is 4.92 Å². The molecule has 0 bridgehead atoms. The SMILES string of the molecule is O=C(CCNc1ccccc1[N+](=O)[O-])N1CCN(CC(=O)N2CCCC2)CC1. The summed E-state index contributed by atoms with van der Waals surface area (Å²) in [7, 11) is 0. The van der Waals surface area contributed by atoms with E-state index in [2.05, 4.69) is 10.2 Å². The highest BCUT2D eigenvalue weighted by Crippen LogP contribution is 2.23. The summed E-state index contributed by atoms with van der Waals surface area (Å²) in [6.07, 6.45) is 2.46. The Labute approximate surface area is 164 Å². The Hall–Kier alpha value is -2.68. The second-order valence-corrected chi connectivity index (χ2v) is 7.20. The molecule has 2 aliphatic rings. The highest BCUT2D eigenvalue weighted by atomic mass is 16.6. The van der Waals surface area contributed by atoms with E-state index in [1.807, 2.05) is 4.90 Å². The van der Waals surface area contributed by atoms with Crippen molar-refractivity contribution < 1.29 is 14.5 Å². The first kappa shape index (κ1) is 20.1. The van der Waals surface area contributed by atoms with Gasteiger partial charge in [-0.2, -0.15) is 0 Å². The van der Waals surface area contributed by atoms with Crippen LogP contribution >= 0.6 is 0 Å². The Bertz CT molecular complexity index is 712. The summed E-state index contributed by atoms with van der Waals surface area (Å²) >= 11 is 0. The molecule has 3 rings (SSSR count). The average Bonchev–Trinajstić information content (AvgIpc) is 3.24. The van der Waals surface area contributed by atoms with Gasteiger partial charge in [0.05, 0.1) is 11.5 Å². The number of nitrogens with one attached hydrogen (secondary N) is 1. The van der Waals surface area contributed by atoms with E-state index in [1.54, 1.807) is 23.1 Å². The Kier molecular flexibility index (Phi) is 6.80. The molecule has 0 radical (unpaired) electrons. The van der Waals surface area contributed by atoms with Gasteiger partial charge in [0.25, 0.3) is 5.69 Å². The van der Waals surface area contributed by atoms with E-state index in [0.717, 1.165) is 25.9 Å². The Balaban J connectivity index is 1.38. The number of hydrogen-bond donors (Lipinski definition) is 1. The lowest BCUT2D eigenvalue weighted by molar-refractivity contribution is -0.384. The number of para-hydroxylation sites is 2. The number of piperazine rings is 1. The molecule has 2 amide bonds. The first-order valence-corrected chi connectivity index (χ1v) is 9.80. The predicted molar refractivity (Wildman–Crippen MR) is 105 cm³/mol. The van der Waals surface area contributed by atoms with Gasteiger partial charge < -0.3 is 15.1 Å². The van der Waals surface area contributed by atoms with Gasteiger partial charge >= 0.3 is 0 Å². The number of carbonyl (C=O) groups is 2. The van der Waals surface area contributed by atoms with Crippen LogP contribution < -0.4 is 5.32 Å². The van der Waals surface area contributed by atoms with E-state index in [-0.39, 0.29) is 23.9 Å². The summed E-state index contributed by atoms with van der Waals surface area (Å²) < 4.78 is 0. The summed E-state index contributed by atoms with van der Waals surface area (Å²) in [4.78, 5) is 41.0. The Morgan fingerprint density at radius 1 is 0.964 bits per heavy atom. The van der Waals surface area contributed by atoms with Crippen LogP contribution in [0.5, 0.6) is 0 Å². The molecule has 1 aromatic carbocycles. The normalized spacial score (nSPS) is 17.6. The number of benzene rings is 1. The van der Waals surface area contributed by atoms with E-state index in [1.165, 1.54) is 6.07 Å². The Morgan fingerprint density at radius 3 is 2.29 bits per heavy atom. The molecule has 9 nitrogen and oxygen atoms in total. The number of nitro benzene ring substituents is 1. The van der Waals surface area contributed by atoms with E-state index in [4.69, 9.17) is 0 Å². The van der Waals surface area contributed by atoms with Crippen molar-refractivity contribution in [2.24, 2.45) is 0 Å². The third-order valence-corrected chi connectivity index (χ3v) is 5.30. The first-order chi connectivity index (χ1) is 13.5. The minimum absolute atomic E-state index is 0.00577. The number of nitro groups is 1. The van der Waals surface area contributed by atoms with Crippen molar-refractivity contribution in [2.75, 3.05) is 57.7 Å². The highest BCUT2D eigenvalue weighted by Gasteiger charge is 2.25. The van der Waals surface area contributed by atoms with Crippen LogP contribution in [-0.4, -0.2) is 83.8 Å². The van der Waals surface area contributed by atoms with Gasteiger partial charge in [-0.1, -0.05) is 12.1 Å². The van der Waals surface area contributed by atoms with Crippen molar-refractivity contribution in [2.45, 2.75) is 19.3 Å². The number of anilines is 1. The maximum absolute atomic E-state index is 12.4. The monoisotopic (exact) mass is 389 g/mol. The molecular weight excluding hydrogens is 362 g/mol. The topological polar surface area (TPSA) is 99.0 Å². The summed E-state index contributed by atoms with van der Waals surface area (Å²) in [6, 6.07) is 6.41. The Morgan fingerprint density at radius 2 is 1.61 bits per heavy atom. The van der Waals surface area contributed by atoms with Crippen LogP contribution in [0.25, 0.3) is 0 Å². The van der Waals surface area contributed by atoms with Crippen molar-refractivity contribution >= 4 is 23.2 Å². The lowest BCUT2D eigenvalue weighted by Gasteiger charge is -2.35. The van der Waals surface area contributed by atoms with Crippen LogP contribution in [0.4, 0.5) is 11.4 Å². The third-order valence-electron chi connectivity index (χ3n) is 5.30. The fraction of sp³-hybridized carbons (Fsp3) is 0.579. The lowest BCUT2D eigenvalue weighted by Crippen LogP contribution is -2.51. The van der Waals surface area contributed by atoms with Crippen LogP contribution in [0.2, 0.25) is 0 Å². The van der Waals surface area contributed by atoms with E-state index in [0.29, 0.717) is 45.0 Å². The molecular formula is C19H27N5O4. The van der Waals surface area contributed by atoms with Gasteiger partial charge in [0.15, 0.2) is 0 Å². The second-order valence-electron chi connectivity index (χ2n) is 7.20. The van der Waals surface area contributed by atoms with Crippen molar-refractivity contribution in [1.82, 2.24) is 14.7 Å². The molecule has 2 fully saturated rings. The zero-order chi connectivity index (χ0) is 19.9. The van der Waals surface area contributed by atoms with Crippen LogP contribution in [0.15, 0.2) is 24.3 Å². The number of hydrogen-bond acceptors (Lipinski definition) is 6.